The van der Waals surface area contributed by atoms with Crippen molar-refractivity contribution in [1.29, 1.82) is 0 Å². The fraction of sp³-hybridized carbons (Fsp3) is 1.00. The van der Waals surface area contributed by atoms with Gasteiger partial charge in [-0.25, -0.2) is 8.42 Å². The summed E-state index contributed by atoms with van der Waals surface area (Å²) in [6, 6.07) is 0. The van der Waals surface area contributed by atoms with Crippen LogP contribution in [0.2, 0.25) is 0 Å². The number of alkyl halides is 15. The van der Waals surface area contributed by atoms with Gasteiger partial charge in [0, 0.05) is 12.8 Å². The van der Waals surface area contributed by atoms with Gasteiger partial charge in [-0.3, -0.25) is 0 Å². The molecule has 0 unspecified atom stereocenters. The van der Waals surface area contributed by atoms with Crippen LogP contribution in [0.25, 0.3) is 0 Å². The highest BCUT2D eigenvalue weighted by Gasteiger charge is 2.90. The lowest BCUT2D eigenvalue weighted by molar-refractivity contribution is -0.417. The Bertz CT molecular complexity index is 726. The minimum atomic E-state index is -8.22. The second kappa shape index (κ2) is 8.33. The molecule has 19 heteroatoms. The van der Waals surface area contributed by atoms with E-state index in [0.717, 1.165) is 0 Å². The van der Waals surface area contributed by atoms with E-state index in [1.54, 1.807) is 0 Å². The summed E-state index contributed by atoms with van der Waals surface area (Å²) in [5.41, 5.74) is 0. The second-order valence-electron chi connectivity index (χ2n) is 6.15. The Morgan fingerprint density at radius 1 is 0.516 bits per heavy atom. The molecule has 0 N–H and O–H groups in total. The van der Waals surface area contributed by atoms with Crippen LogP contribution in [0.4, 0.5) is 65.9 Å². The summed E-state index contributed by atoms with van der Waals surface area (Å²) in [6.07, 6.45) is -12.4. The molecule has 0 aromatic heterocycles. The van der Waals surface area contributed by atoms with Gasteiger partial charge >= 0.3 is 41.0 Å². The molecule has 0 aromatic carbocycles. The van der Waals surface area contributed by atoms with Gasteiger partial charge in [-0.1, -0.05) is 6.42 Å². The van der Waals surface area contributed by atoms with Crippen molar-refractivity contribution in [2.24, 2.45) is 0 Å². The largest absolute Gasteiger partial charge is 0.743 e. The van der Waals surface area contributed by atoms with Gasteiger partial charge < -0.3 is 4.55 Å². The third-order valence-electron chi connectivity index (χ3n) is 3.77. The number of rotatable bonds is 11. The van der Waals surface area contributed by atoms with E-state index in [9.17, 15) is 78.8 Å². The number of hydrogen-bond donors (Lipinski definition) is 0. The summed E-state index contributed by atoms with van der Waals surface area (Å²) in [7, 11) is -7.89. The van der Waals surface area contributed by atoms with Gasteiger partial charge in [0.05, 0.1) is 0 Å². The molecule has 31 heavy (non-hydrogen) atoms. The van der Waals surface area contributed by atoms with Crippen LogP contribution in [0.15, 0.2) is 0 Å². The van der Waals surface area contributed by atoms with E-state index in [-0.39, 0.29) is 0 Å². The molecule has 0 bridgehead atoms. The van der Waals surface area contributed by atoms with Gasteiger partial charge in [0.1, 0.15) is 0 Å². The van der Waals surface area contributed by atoms with Crippen LogP contribution in [0.5, 0.6) is 0 Å². The summed E-state index contributed by atoms with van der Waals surface area (Å²) in [5.74, 6) is -38.3. The first-order chi connectivity index (χ1) is 13.2. The Labute approximate surface area is 163 Å². The molecule has 0 aliphatic carbocycles. The molecule has 0 spiro atoms. The zero-order chi connectivity index (χ0) is 25.5. The third kappa shape index (κ3) is 5.27. The smallest absolute Gasteiger partial charge is 0.402 e. The molecular weight excluding hydrogens is 509 g/mol. The lowest BCUT2D eigenvalue weighted by atomic mass is 9.91. The third-order valence-corrected chi connectivity index (χ3v) is 4.66. The Morgan fingerprint density at radius 3 is 1.23 bits per heavy atom. The quantitative estimate of drug-likeness (QED) is 0.197. The van der Waals surface area contributed by atoms with Gasteiger partial charge in [0.2, 0.25) is 0 Å². The second-order valence-corrected chi connectivity index (χ2v) is 7.57. The van der Waals surface area contributed by atoms with Gasteiger partial charge in [-0.2, -0.15) is 65.9 Å². The summed E-state index contributed by atoms with van der Waals surface area (Å²) < 4.78 is 224. The molecule has 0 fully saturated rings. The molecule has 0 aromatic rings. The van der Waals surface area contributed by atoms with Crippen molar-refractivity contribution in [1.82, 2.24) is 0 Å². The van der Waals surface area contributed by atoms with Crippen molar-refractivity contribution >= 4 is 10.1 Å². The minimum absolute atomic E-state index is 0.990. The maximum absolute atomic E-state index is 13.4. The van der Waals surface area contributed by atoms with Gasteiger partial charge in [0.25, 0.3) is 0 Å². The number of unbranched alkanes of at least 4 members (excludes halogenated alkanes) is 2. The van der Waals surface area contributed by atoms with E-state index in [2.05, 4.69) is 0 Å². The summed E-state index contributed by atoms with van der Waals surface area (Å²) in [6.45, 7) is 0. The van der Waals surface area contributed by atoms with Crippen LogP contribution >= 0.6 is 0 Å². The molecule has 0 aliphatic rings. The lowest BCUT2D eigenvalue weighted by Crippen LogP contribution is -2.71. The van der Waals surface area contributed by atoms with E-state index in [1.165, 1.54) is 0 Å². The molecule has 0 rings (SSSR count). The van der Waals surface area contributed by atoms with Gasteiger partial charge in [0.15, 0.2) is 10.1 Å². The molecule has 188 valence electrons. The zero-order valence-corrected chi connectivity index (χ0v) is 15.2. The Hall–Kier alpha value is -1.14. The lowest BCUT2D eigenvalue weighted by Gasteiger charge is -2.41. The number of hydrogen-bond acceptors (Lipinski definition) is 3. The van der Waals surface area contributed by atoms with E-state index < -0.39 is 83.3 Å². The molecule has 0 saturated heterocycles. The topological polar surface area (TPSA) is 57.2 Å². The highest BCUT2D eigenvalue weighted by Crippen LogP contribution is 2.61. The molecule has 3 nitrogen and oxygen atoms in total. The Balaban J connectivity index is 5.88. The molecular formula is C12H10F15O3S-. The van der Waals surface area contributed by atoms with Crippen molar-refractivity contribution in [2.75, 3.05) is 0 Å². The van der Waals surface area contributed by atoms with Crippen LogP contribution < -0.4 is 0 Å². The molecule has 0 saturated carbocycles. The van der Waals surface area contributed by atoms with Crippen molar-refractivity contribution in [2.45, 2.75) is 73.1 Å². The highest BCUT2D eigenvalue weighted by atomic mass is 32.2. The molecule has 0 radical (unpaired) electrons. The Kier molecular flexibility index (Phi) is 8.02. The fourth-order valence-electron chi connectivity index (χ4n) is 1.97. The molecule has 0 heterocycles. The van der Waals surface area contributed by atoms with Crippen molar-refractivity contribution < 1.29 is 78.8 Å². The van der Waals surface area contributed by atoms with Gasteiger partial charge in [-0.15, -0.1) is 0 Å². The van der Waals surface area contributed by atoms with E-state index in [0.29, 0.717) is 0 Å². The van der Waals surface area contributed by atoms with E-state index in [4.69, 9.17) is 0 Å². The first kappa shape index (κ1) is 29.9. The average Bonchev–Trinajstić information content (AvgIpc) is 2.51. The standard InChI is InChI=1S/C12H11F15O3S/c13-6(14,4-2-1-3-5-7(15,16)17)8(18,19)9(20,21)10(22,23)11(24,25)12(26,27)31(28,29)30/h1-5H2,(H,28,29,30)/p-1. The van der Waals surface area contributed by atoms with Crippen LogP contribution in [-0.4, -0.2) is 54.0 Å². The highest BCUT2D eigenvalue weighted by molar-refractivity contribution is 7.86. The van der Waals surface area contributed by atoms with Crippen molar-refractivity contribution in [3.05, 3.63) is 0 Å². The minimum Gasteiger partial charge on any atom is -0.743 e. The summed E-state index contributed by atoms with van der Waals surface area (Å²) >= 11 is 0. The molecule has 0 aliphatic heterocycles. The molecule has 0 atom stereocenters. The van der Waals surface area contributed by atoms with Crippen LogP contribution in [0.3, 0.4) is 0 Å². The summed E-state index contributed by atoms with van der Waals surface area (Å²) in [4.78, 5) is 0. The SMILES string of the molecule is O=S(=O)([O-])C(F)(F)C(F)(F)C(F)(F)C(F)(F)C(F)(F)C(F)(F)CCCCCC(F)(F)F. The van der Waals surface area contributed by atoms with Crippen molar-refractivity contribution in [3.8, 4) is 0 Å². The normalized spacial score (nSPS) is 16.0. The van der Waals surface area contributed by atoms with Gasteiger partial charge in [-0.05, 0) is 12.8 Å². The first-order valence-electron chi connectivity index (χ1n) is 7.50. The fourth-order valence-corrected chi connectivity index (χ4v) is 2.41. The van der Waals surface area contributed by atoms with Crippen LogP contribution in [0.1, 0.15) is 32.1 Å². The van der Waals surface area contributed by atoms with E-state index in [1.807, 2.05) is 0 Å². The maximum atomic E-state index is 13.4. The monoisotopic (exact) mass is 519 g/mol. The van der Waals surface area contributed by atoms with Crippen molar-refractivity contribution in [3.63, 3.8) is 0 Å². The van der Waals surface area contributed by atoms with Crippen LogP contribution in [-0.2, 0) is 10.1 Å². The first-order valence-corrected chi connectivity index (χ1v) is 8.90. The average molecular weight is 519 g/mol. The maximum Gasteiger partial charge on any atom is 0.402 e. The van der Waals surface area contributed by atoms with E-state index >= 15 is 0 Å². The molecule has 0 amide bonds. The zero-order valence-electron chi connectivity index (χ0n) is 14.3. The summed E-state index contributed by atoms with van der Waals surface area (Å²) in [5, 5.41) is -7.63. The Morgan fingerprint density at radius 2 is 0.871 bits per heavy atom. The number of halogens is 15. The predicted octanol–water partition coefficient (Wildman–Crippen LogP) is 5.81. The van der Waals surface area contributed by atoms with Crippen LogP contribution in [0, 0.1) is 0 Å². The predicted molar refractivity (Wildman–Crippen MR) is 68.5 cm³/mol.